The highest BCUT2D eigenvalue weighted by Gasteiger charge is 2.31. The summed E-state index contributed by atoms with van der Waals surface area (Å²) in [5.74, 6) is 0.651. The van der Waals surface area contributed by atoms with E-state index in [1.807, 2.05) is 16.5 Å². The number of benzene rings is 1. The summed E-state index contributed by atoms with van der Waals surface area (Å²) in [6.45, 7) is 7.44. The third-order valence-electron chi connectivity index (χ3n) is 5.97. The van der Waals surface area contributed by atoms with Crippen LogP contribution >= 0.6 is 11.3 Å². The van der Waals surface area contributed by atoms with Crippen molar-refractivity contribution in [1.82, 2.24) is 19.7 Å². The van der Waals surface area contributed by atoms with Gasteiger partial charge in [0.05, 0.1) is 16.1 Å². The van der Waals surface area contributed by atoms with E-state index in [0.717, 1.165) is 65.9 Å². The molecule has 1 aliphatic heterocycles. The van der Waals surface area contributed by atoms with E-state index in [2.05, 4.69) is 36.1 Å². The molecule has 146 valence electrons. The molecule has 6 nitrogen and oxygen atoms in total. The van der Waals surface area contributed by atoms with Gasteiger partial charge in [0.1, 0.15) is 0 Å². The maximum absolute atomic E-state index is 12.5. The van der Waals surface area contributed by atoms with Crippen molar-refractivity contribution in [2.75, 3.05) is 31.1 Å². The number of thiazole rings is 1. The molecule has 5 rings (SSSR count). The summed E-state index contributed by atoms with van der Waals surface area (Å²) in [7, 11) is 0. The van der Waals surface area contributed by atoms with Gasteiger partial charge in [-0.15, -0.1) is 0 Å². The van der Waals surface area contributed by atoms with Gasteiger partial charge in [0, 0.05) is 32.1 Å². The van der Waals surface area contributed by atoms with Crippen LogP contribution in [0.2, 0.25) is 0 Å². The lowest BCUT2D eigenvalue weighted by Crippen LogP contribution is -2.51. The van der Waals surface area contributed by atoms with Crippen molar-refractivity contribution >= 4 is 32.7 Å². The number of fused-ring (bicyclic) bond motifs is 1. The van der Waals surface area contributed by atoms with Crippen LogP contribution in [0.1, 0.15) is 30.5 Å². The Hall–Kier alpha value is -2.41. The lowest BCUT2D eigenvalue weighted by atomic mass is 9.84. The van der Waals surface area contributed by atoms with Crippen molar-refractivity contribution < 1.29 is 4.79 Å². The summed E-state index contributed by atoms with van der Waals surface area (Å²) in [6.07, 6.45) is 3.36. The monoisotopic (exact) mass is 395 g/mol. The van der Waals surface area contributed by atoms with Crippen molar-refractivity contribution in [3.8, 4) is 5.69 Å². The fraction of sp³-hybridized carbons (Fsp3) is 0.476. The number of carbonyl (C=O) groups excluding carboxylic acids is 1. The third-order valence-corrected chi connectivity index (χ3v) is 7.19. The van der Waals surface area contributed by atoms with E-state index in [1.165, 1.54) is 12.0 Å². The quantitative estimate of drug-likeness (QED) is 0.681. The summed E-state index contributed by atoms with van der Waals surface area (Å²) < 4.78 is 3.09. The predicted octanol–water partition coefficient (Wildman–Crippen LogP) is 3.55. The molecule has 2 fully saturated rings. The molecule has 0 atom stereocenters. The largest absolute Gasteiger partial charge is 0.344 e. The highest BCUT2D eigenvalue weighted by molar-refractivity contribution is 7.22. The third kappa shape index (κ3) is 2.98. The van der Waals surface area contributed by atoms with Crippen LogP contribution in [-0.4, -0.2) is 51.8 Å². The first kappa shape index (κ1) is 17.7. The van der Waals surface area contributed by atoms with Crippen molar-refractivity contribution in [3.05, 3.63) is 35.5 Å². The number of hydrogen-bond acceptors (Lipinski definition) is 5. The van der Waals surface area contributed by atoms with Crippen LogP contribution in [0.4, 0.5) is 5.13 Å². The molecule has 3 heterocycles. The van der Waals surface area contributed by atoms with Crippen molar-refractivity contribution in [2.24, 2.45) is 5.92 Å². The zero-order valence-corrected chi connectivity index (χ0v) is 17.2. The van der Waals surface area contributed by atoms with Crippen molar-refractivity contribution in [3.63, 3.8) is 0 Å². The second-order valence-electron chi connectivity index (χ2n) is 7.92. The van der Waals surface area contributed by atoms with E-state index in [0.29, 0.717) is 5.91 Å². The lowest BCUT2D eigenvalue weighted by Gasteiger charge is -2.38. The molecule has 0 unspecified atom stereocenters. The van der Waals surface area contributed by atoms with Crippen LogP contribution in [0.25, 0.3) is 16.0 Å². The summed E-state index contributed by atoms with van der Waals surface area (Å²) in [5.41, 5.74) is 4.21. The van der Waals surface area contributed by atoms with Crippen molar-refractivity contribution in [2.45, 2.75) is 33.1 Å². The number of rotatable bonds is 3. The standard InChI is InChI=1S/C21H25N5OS/c1-14-6-8-17(9-7-14)26-19-18(15(2)23-26)28-21(22-19)25-12-10-24(11-13-25)20(27)16-4-3-5-16/h6-9,16H,3-5,10-13H2,1-2H3. The molecule has 0 N–H and O–H groups in total. The minimum Gasteiger partial charge on any atom is -0.344 e. The minimum atomic E-state index is 0.289. The van der Waals surface area contributed by atoms with Gasteiger partial charge in [-0.05, 0) is 38.8 Å². The zero-order valence-electron chi connectivity index (χ0n) is 16.4. The molecule has 3 aromatic rings. The fourth-order valence-corrected chi connectivity index (χ4v) is 4.99. The van der Waals surface area contributed by atoms with Gasteiger partial charge in [0.15, 0.2) is 10.8 Å². The zero-order chi connectivity index (χ0) is 19.3. The molecule has 7 heteroatoms. The van der Waals surface area contributed by atoms with Gasteiger partial charge in [-0.3, -0.25) is 4.79 Å². The van der Waals surface area contributed by atoms with E-state index in [1.54, 1.807) is 11.3 Å². The van der Waals surface area contributed by atoms with Crippen molar-refractivity contribution in [1.29, 1.82) is 0 Å². The second kappa shape index (κ2) is 6.88. The molecule has 2 aromatic heterocycles. The molecule has 1 aliphatic carbocycles. The Kier molecular flexibility index (Phi) is 4.34. The van der Waals surface area contributed by atoms with Gasteiger partial charge in [-0.2, -0.15) is 10.1 Å². The van der Waals surface area contributed by atoms with Crippen LogP contribution in [0, 0.1) is 19.8 Å². The van der Waals surface area contributed by atoms with Crippen LogP contribution in [0.5, 0.6) is 0 Å². The lowest BCUT2D eigenvalue weighted by molar-refractivity contribution is -0.138. The van der Waals surface area contributed by atoms with Gasteiger partial charge in [0.2, 0.25) is 5.91 Å². The van der Waals surface area contributed by atoms with E-state index in [4.69, 9.17) is 10.1 Å². The molecular weight excluding hydrogens is 370 g/mol. The molecule has 1 amide bonds. The topological polar surface area (TPSA) is 54.3 Å². The number of amides is 1. The van der Waals surface area contributed by atoms with E-state index in [9.17, 15) is 4.79 Å². The fourth-order valence-electron chi connectivity index (χ4n) is 3.96. The number of piperazine rings is 1. The molecule has 1 aromatic carbocycles. The molecule has 1 saturated heterocycles. The summed E-state index contributed by atoms with van der Waals surface area (Å²) >= 11 is 1.71. The molecular formula is C21H25N5OS. The number of anilines is 1. The first-order valence-electron chi connectivity index (χ1n) is 10.1. The molecule has 0 radical (unpaired) electrons. The summed E-state index contributed by atoms with van der Waals surface area (Å²) in [6, 6.07) is 8.38. The van der Waals surface area contributed by atoms with Gasteiger partial charge in [-0.1, -0.05) is 35.5 Å². The molecule has 0 spiro atoms. The van der Waals surface area contributed by atoms with Crippen LogP contribution < -0.4 is 4.90 Å². The number of aromatic nitrogens is 3. The number of nitrogens with zero attached hydrogens (tertiary/aromatic N) is 5. The van der Waals surface area contributed by atoms with Gasteiger partial charge < -0.3 is 9.80 Å². The average Bonchev–Trinajstić information content (AvgIpc) is 3.22. The highest BCUT2D eigenvalue weighted by atomic mass is 32.1. The smallest absolute Gasteiger partial charge is 0.225 e. The maximum atomic E-state index is 12.5. The first-order valence-corrected chi connectivity index (χ1v) is 10.9. The molecule has 0 bridgehead atoms. The maximum Gasteiger partial charge on any atom is 0.225 e. The highest BCUT2D eigenvalue weighted by Crippen LogP contribution is 2.33. The predicted molar refractivity (Wildman–Crippen MR) is 112 cm³/mol. The Morgan fingerprint density at radius 2 is 1.79 bits per heavy atom. The van der Waals surface area contributed by atoms with Gasteiger partial charge in [0.25, 0.3) is 0 Å². The summed E-state index contributed by atoms with van der Waals surface area (Å²) in [4.78, 5) is 21.8. The van der Waals surface area contributed by atoms with Crippen LogP contribution in [0.3, 0.4) is 0 Å². The Bertz CT molecular complexity index is 1010. The minimum absolute atomic E-state index is 0.289. The van der Waals surface area contributed by atoms with E-state index >= 15 is 0 Å². The van der Waals surface area contributed by atoms with Crippen LogP contribution in [0.15, 0.2) is 24.3 Å². The second-order valence-corrected chi connectivity index (χ2v) is 8.90. The Labute approximate surface area is 168 Å². The molecule has 1 saturated carbocycles. The molecule has 2 aliphatic rings. The Balaban J connectivity index is 1.36. The number of hydrogen-bond donors (Lipinski definition) is 0. The average molecular weight is 396 g/mol. The molecule has 28 heavy (non-hydrogen) atoms. The Morgan fingerprint density at radius 1 is 1.07 bits per heavy atom. The van der Waals surface area contributed by atoms with Gasteiger partial charge >= 0.3 is 0 Å². The number of carbonyl (C=O) groups is 1. The number of aryl methyl sites for hydroxylation is 2. The van der Waals surface area contributed by atoms with Gasteiger partial charge in [-0.25, -0.2) is 4.68 Å². The normalized spacial score (nSPS) is 17.9. The summed E-state index contributed by atoms with van der Waals surface area (Å²) in [5, 5.41) is 5.73. The SMILES string of the molecule is Cc1ccc(-n2nc(C)c3sc(N4CCN(C(=O)C5CCC5)CC4)nc32)cc1. The Morgan fingerprint density at radius 3 is 2.43 bits per heavy atom. The van der Waals surface area contributed by atoms with E-state index < -0.39 is 0 Å². The van der Waals surface area contributed by atoms with Crippen LogP contribution in [-0.2, 0) is 4.79 Å². The van der Waals surface area contributed by atoms with E-state index in [-0.39, 0.29) is 5.92 Å². The first-order chi connectivity index (χ1) is 13.6.